The van der Waals surface area contributed by atoms with E-state index in [1.165, 1.54) is 11.1 Å². The van der Waals surface area contributed by atoms with Gasteiger partial charge in [-0.2, -0.15) is 0 Å². The number of benzene rings is 1. The minimum absolute atomic E-state index is 0.508. The van der Waals surface area contributed by atoms with Crippen molar-refractivity contribution in [2.75, 3.05) is 6.54 Å². The van der Waals surface area contributed by atoms with Gasteiger partial charge in [0.05, 0.1) is 0 Å². The summed E-state index contributed by atoms with van der Waals surface area (Å²) in [4.78, 5) is 0. The first-order valence-corrected chi connectivity index (χ1v) is 5.09. The minimum Gasteiger partial charge on any atom is -0.330 e. The van der Waals surface area contributed by atoms with E-state index < -0.39 is 0 Å². The molecule has 2 N–H and O–H groups in total. The van der Waals surface area contributed by atoms with Gasteiger partial charge >= 0.3 is 0 Å². The zero-order valence-electron chi connectivity index (χ0n) is 7.76. The Balaban J connectivity index is 2.48. The Morgan fingerprint density at radius 3 is 3.00 bits per heavy atom. The Labute approximate surface area is 83.9 Å². The summed E-state index contributed by atoms with van der Waals surface area (Å²) in [5, 5.41) is 0.903. The van der Waals surface area contributed by atoms with Crippen molar-refractivity contribution in [1.82, 2.24) is 0 Å². The first-order chi connectivity index (χ1) is 6.24. The predicted octanol–water partition coefficient (Wildman–Crippen LogP) is 2.57. The van der Waals surface area contributed by atoms with Crippen molar-refractivity contribution < 1.29 is 0 Å². The van der Waals surface area contributed by atoms with Crippen LogP contribution in [0.25, 0.3) is 0 Å². The summed E-state index contributed by atoms with van der Waals surface area (Å²) in [5.74, 6) is 1.15. The molecule has 70 valence electrons. The van der Waals surface area contributed by atoms with Gasteiger partial charge in [0.25, 0.3) is 0 Å². The molecule has 2 unspecified atom stereocenters. The quantitative estimate of drug-likeness (QED) is 0.733. The van der Waals surface area contributed by atoms with Gasteiger partial charge in [-0.05, 0) is 42.0 Å². The van der Waals surface area contributed by atoms with Crippen LogP contribution in [0.2, 0.25) is 5.02 Å². The molecule has 0 bridgehead atoms. The van der Waals surface area contributed by atoms with Gasteiger partial charge in [-0.1, -0.05) is 30.7 Å². The fourth-order valence-corrected chi connectivity index (χ4v) is 2.53. The van der Waals surface area contributed by atoms with E-state index in [0.29, 0.717) is 11.8 Å². The Bertz CT molecular complexity index is 322. The van der Waals surface area contributed by atoms with Crippen molar-refractivity contribution in [2.45, 2.75) is 19.3 Å². The molecule has 0 saturated heterocycles. The third kappa shape index (κ3) is 1.36. The normalized spacial score (nSPS) is 26.1. The molecule has 0 amide bonds. The lowest BCUT2D eigenvalue weighted by atomic mass is 9.94. The van der Waals surface area contributed by atoms with E-state index in [2.05, 4.69) is 13.0 Å². The summed E-state index contributed by atoms with van der Waals surface area (Å²) in [5.41, 5.74) is 8.42. The van der Waals surface area contributed by atoms with Crippen LogP contribution in [-0.4, -0.2) is 6.54 Å². The van der Waals surface area contributed by atoms with Crippen molar-refractivity contribution >= 4 is 11.6 Å². The molecule has 0 fully saturated rings. The van der Waals surface area contributed by atoms with E-state index in [1.807, 2.05) is 12.1 Å². The number of fused-ring (bicyclic) bond motifs is 1. The molecule has 1 aromatic carbocycles. The Morgan fingerprint density at radius 2 is 2.31 bits per heavy atom. The Hall–Kier alpha value is -0.530. The maximum atomic E-state index is 6.12. The monoisotopic (exact) mass is 195 g/mol. The smallest absolute Gasteiger partial charge is 0.0440 e. The van der Waals surface area contributed by atoms with Crippen molar-refractivity contribution in [1.29, 1.82) is 0 Å². The van der Waals surface area contributed by atoms with Crippen molar-refractivity contribution in [2.24, 2.45) is 11.7 Å². The summed E-state index contributed by atoms with van der Waals surface area (Å²) in [6.07, 6.45) is 1.08. The van der Waals surface area contributed by atoms with Gasteiger partial charge in [0, 0.05) is 5.02 Å². The van der Waals surface area contributed by atoms with Crippen LogP contribution in [-0.2, 0) is 6.42 Å². The van der Waals surface area contributed by atoms with Crippen molar-refractivity contribution in [3.8, 4) is 0 Å². The van der Waals surface area contributed by atoms with Crippen LogP contribution in [0.5, 0.6) is 0 Å². The highest BCUT2D eigenvalue weighted by molar-refractivity contribution is 6.31. The molecule has 2 heteroatoms. The van der Waals surface area contributed by atoms with Crippen molar-refractivity contribution in [3.63, 3.8) is 0 Å². The summed E-state index contributed by atoms with van der Waals surface area (Å²) in [7, 11) is 0. The summed E-state index contributed by atoms with van der Waals surface area (Å²) < 4.78 is 0. The van der Waals surface area contributed by atoms with Gasteiger partial charge in [-0.3, -0.25) is 0 Å². The van der Waals surface area contributed by atoms with E-state index >= 15 is 0 Å². The standard InChI is InChI=1S/C11H14ClN/c1-7-5-9-8(10(7)6-13)3-2-4-11(9)12/h2-4,7,10H,5-6,13H2,1H3. The topological polar surface area (TPSA) is 26.0 Å². The molecule has 1 aromatic rings. The molecule has 0 heterocycles. The number of nitrogens with two attached hydrogens (primary N) is 1. The van der Waals surface area contributed by atoms with E-state index in [9.17, 15) is 0 Å². The summed E-state index contributed by atoms with van der Waals surface area (Å²) >= 11 is 6.12. The van der Waals surface area contributed by atoms with Gasteiger partial charge in [-0.15, -0.1) is 0 Å². The molecule has 0 saturated carbocycles. The SMILES string of the molecule is CC1Cc2c(Cl)cccc2C1CN. The molecule has 2 atom stereocenters. The van der Waals surface area contributed by atoms with E-state index in [-0.39, 0.29) is 0 Å². The maximum Gasteiger partial charge on any atom is 0.0440 e. The molecule has 0 aromatic heterocycles. The zero-order valence-corrected chi connectivity index (χ0v) is 8.51. The highest BCUT2D eigenvalue weighted by atomic mass is 35.5. The highest BCUT2D eigenvalue weighted by Gasteiger charge is 2.29. The lowest BCUT2D eigenvalue weighted by Crippen LogP contribution is -2.15. The Kier molecular flexibility index (Phi) is 2.31. The number of rotatable bonds is 1. The molecule has 13 heavy (non-hydrogen) atoms. The minimum atomic E-state index is 0.508. The highest BCUT2D eigenvalue weighted by Crippen LogP contribution is 2.39. The molecule has 0 aliphatic heterocycles. The fraction of sp³-hybridized carbons (Fsp3) is 0.455. The lowest BCUT2D eigenvalue weighted by molar-refractivity contribution is 0.506. The first kappa shape index (κ1) is 9.04. The number of hydrogen-bond donors (Lipinski definition) is 1. The number of halogens is 1. The second kappa shape index (κ2) is 3.32. The van der Waals surface area contributed by atoms with Crippen LogP contribution >= 0.6 is 11.6 Å². The van der Waals surface area contributed by atoms with Crippen LogP contribution in [0, 0.1) is 5.92 Å². The summed E-state index contributed by atoms with van der Waals surface area (Å²) in [6, 6.07) is 6.14. The molecule has 1 nitrogen and oxygen atoms in total. The molecule has 1 aliphatic carbocycles. The van der Waals surface area contributed by atoms with Crippen LogP contribution < -0.4 is 5.73 Å². The van der Waals surface area contributed by atoms with Gasteiger partial charge < -0.3 is 5.73 Å². The second-order valence-electron chi connectivity index (χ2n) is 3.83. The van der Waals surface area contributed by atoms with E-state index in [4.69, 9.17) is 17.3 Å². The predicted molar refractivity (Wildman–Crippen MR) is 56.1 cm³/mol. The second-order valence-corrected chi connectivity index (χ2v) is 4.24. The van der Waals surface area contributed by atoms with Crippen molar-refractivity contribution in [3.05, 3.63) is 34.3 Å². The Morgan fingerprint density at radius 1 is 1.54 bits per heavy atom. The van der Waals surface area contributed by atoms with Gasteiger partial charge in [0.1, 0.15) is 0 Å². The molecule has 0 spiro atoms. The fourth-order valence-electron chi connectivity index (χ4n) is 2.27. The molecular weight excluding hydrogens is 182 g/mol. The summed E-state index contributed by atoms with van der Waals surface area (Å²) in [6.45, 7) is 2.97. The van der Waals surface area contributed by atoms with Gasteiger partial charge in [0.15, 0.2) is 0 Å². The van der Waals surface area contributed by atoms with Crippen LogP contribution in [0.4, 0.5) is 0 Å². The van der Waals surface area contributed by atoms with E-state index in [0.717, 1.165) is 18.0 Å². The van der Waals surface area contributed by atoms with Crippen LogP contribution in [0.3, 0.4) is 0 Å². The molecule has 2 rings (SSSR count). The molecule has 0 radical (unpaired) electrons. The van der Waals surface area contributed by atoms with Gasteiger partial charge in [0.2, 0.25) is 0 Å². The zero-order chi connectivity index (χ0) is 9.42. The third-order valence-electron chi connectivity index (χ3n) is 3.02. The third-order valence-corrected chi connectivity index (χ3v) is 3.38. The average molecular weight is 196 g/mol. The van der Waals surface area contributed by atoms with Crippen LogP contribution in [0.15, 0.2) is 18.2 Å². The lowest BCUT2D eigenvalue weighted by Gasteiger charge is -2.13. The molecular formula is C11H14ClN. The maximum absolute atomic E-state index is 6.12. The first-order valence-electron chi connectivity index (χ1n) is 4.71. The van der Waals surface area contributed by atoms with Gasteiger partial charge in [-0.25, -0.2) is 0 Å². The van der Waals surface area contributed by atoms with Crippen LogP contribution in [0.1, 0.15) is 24.0 Å². The largest absolute Gasteiger partial charge is 0.330 e. The molecule has 1 aliphatic rings. The average Bonchev–Trinajstić information content (AvgIpc) is 2.43. The van der Waals surface area contributed by atoms with E-state index in [1.54, 1.807) is 0 Å². The number of hydrogen-bond acceptors (Lipinski definition) is 1.